The van der Waals surface area contributed by atoms with Crippen LogP contribution in [0.1, 0.15) is 11.1 Å². The van der Waals surface area contributed by atoms with E-state index in [2.05, 4.69) is 4.98 Å². The first-order chi connectivity index (χ1) is 8.47. The molecule has 1 atom stereocenters. The number of halogens is 4. The van der Waals surface area contributed by atoms with E-state index in [1.165, 1.54) is 6.08 Å². The van der Waals surface area contributed by atoms with Crippen LogP contribution in [0.2, 0.25) is 5.15 Å². The highest BCUT2D eigenvalue weighted by Crippen LogP contribution is 2.38. The molecule has 0 fully saturated rings. The number of allylic oxidation sites excluding steroid dienone is 1. The highest BCUT2D eigenvalue weighted by atomic mass is 35.5. The lowest BCUT2D eigenvalue weighted by atomic mass is 9.87. The monoisotopic (exact) mass is 271 g/mol. The van der Waals surface area contributed by atoms with Crippen LogP contribution >= 0.6 is 11.6 Å². The van der Waals surface area contributed by atoms with Gasteiger partial charge in [0.05, 0.1) is 5.92 Å². The van der Waals surface area contributed by atoms with E-state index in [0.29, 0.717) is 10.7 Å². The van der Waals surface area contributed by atoms with Gasteiger partial charge in [-0.3, -0.25) is 0 Å². The van der Waals surface area contributed by atoms with Crippen molar-refractivity contribution in [3.05, 3.63) is 40.7 Å². The number of alkyl halides is 3. The Morgan fingerprint density at radius 2 is 2.00 bits per heavy atom. The van der Waals surface area contributed by atoms with Crippen molar-refractivity contribution >= 4 is 28.4 Å². The Hall–Kier alpha value is -1.42. The fourth-order valence-electron chi connectivity index (χ4n) is 2.36. The maximum Gasteiger partial charge on any atom is 0.395 e. The van der Waals surface area contributed by atoms with Gasteiger partial charge < -0.3 is 4.98 Å². The molecule has 1 nitrogen and oxygen atoms in total. The minimum atomic E-state index is -4.18. The number of fused-ring (bicyclic) bond motifs is 3. The lowest BCUT2D eigenvalue weighted by Gasteiger charge is -2.22. The molecule has 1 unspecified atom stereocenters. The normalized spacial score (nSPS) is 19.2. The minimum absolute atomic E-state index is 0.00588. The summed E-state index contributed by atoms with van der Waals surface area (Å²) in [5.41, 5.74) is 1.54. The van der Waals surface area contributed by atoms with Gasteiger partial charge in [-0.25, -0.2) is 0 Å². The third kappa shape index (κ3) is 1.72. The Morgan fingerprint density at radius 1 is 1.22 bits per heavy atom. The van der Waals surface area contributed by atoms with Crippen molar-refractivity contribution in [2.45, 2.75) is 12.6 Å². The molecular weight excluding hydrogens is 263 g/mol. The number of rotatable bonds is 0. The number of aromatic amines is 1. The topological polar surface area (TPSA) is 15.8 Å². The molecule has 1 aliphatic carbocycles. The Morgan fingerprint density at radius 3 is 2.72 bits per heavy atom. The van der Waals surface area contributed by atoms with E-state index in [9.17, 15) is 13.2 Å². The lowest BCUT2D eigenvalue weighted by molar-refractivity contribution is -0.160. The van der Waals surface area contributed by atoms with Crippen molar-refractivity contribution in [1.29, 1.82) is 0 Å². The molecule has 18 heavy (non-hydrogen) atoms. The number of benzene rings is 1. The molecule has 1 heterocycles. The van der Waals surface area contributed by atoms with Gasteiger partial charge >= 0.3 is 6.18 Å². The Bertz CT molecular complexity index is 639. The van der Waals surface area contributed by atoms with Gasteiger partial charge in [0.25, 0.3) is 0 Å². The number of nitrogens with one attached hydrogen (secondary N) is 1. The first kappa shape index (κ1) is 11.7. The van der Waals surface area contributed by atoms with Crippen molar-refractivity contribution in [2.24, 2.45) is 5.92 Å². The molecule has 0 spiro atoms. The van der Waals surface area contributed by atoms with E-state index >= 15 is 0 Å². The van der Waals surface area contributed by atoms with Crippen LogP contribution in [0.3, 0.4) is 0 Å². The van der Waals surface area contributed by atoms with Crippen LogP contribution in [0.25, 0.3) is 16.8 Å². The second-order valence-corrected chi connectivity index (χ2v) is 4.79. The summed E-state index contributed by atoms with van der Waals surface area (Å²) in [4.78, 5) is 2.88. The standard InChI is InChI=1S/C13H9ClF3N/c14-12-10-3-1-7-5-8(13(15,16)17)2-4-9(7)11(10)6-18-12/h1-4,6,8,18H,5H2. The SMILES string of the molecule is FC(F)(F)C1C=Cc2c(ccc3c(Cl)[nH]cc23)C1. The number of hydrogen-bond donors (Lipinski definition) is 1. The highest BCUT2D eigenvalue weighted by Gasteiger charge is 2.39. The van der Waals surface area contributed by atoms with E-state index in [4.69, 9.17) is 11.6 Å². The van der Waals surface area contributed by atoms with E-state index in [0.717, 1.165) is 16.3 Å². The Labute approximate surface area is 106 Å². The first-order valence-corrected chi connectivity index (χ1v) is 5.88. The summed E-state index contributed by atoms with van der Waals surface area (Å²) in [5, 5.41) is 2.22. The van der Waals surface area contributed by atoms with Gasteiger partial charge in [0.2, 0.25) is 0 Å². The average Bonchev–Trinajstić information content (AvgIpc) is 2.69. The fraction of sp³-hybridized carbons (Fsp3) is 0.231. The van der Waals surface area contributed by atoms with Crippen molar-refractivity contribution in [2.75, 3.05) is 0 Å². The molecule has 0 radical (unpaired) electrons. The summed E-state index contributed by atoms with van der Waals surface area (Å²) in [6.45, 7) is 0. The van der Waals surface area contributed by atoms with Crippen LogP contribution in [0, 0.1) is 5.92 Å². The summed E-state index contributed by atoms with van der Waals surface area (Å²) < 4.78 is 38.0. The molecule has 0 saturated carbocycles. The average molecular weight is 272 g/mol. The van der Waals surface area contributed by atoms with Gasteiger partial charge in [0.1, 0.15) is 5.15 Å². The van der Waals surface area contributed by atoms with Gasteiger partial charge in [-0.2, -0.15) is 13.2 Å². The van der Waals surface area contributed by atoms with Gasteiger partial charge in [-0.15, -0.1) is 0 Å². The van der Waals surface area contributed by atoms with Crippen molar-refractivity contribution in [3.63, 3.8) is 0 Å². The third-order valence-corrected chi connectivity index (χ3v) is 3.63. The number of H-pyrrole nitrogens is 1. The largest absolute Gasteiger partial charge is 0.395 e. The molecular formula is C13H9ClF3N. The summed E-state index contributed by atoms with van der Waals surface area (Å²) in [6, 6.07) is 3.49. The molecule has 0 aliphatic heterocycles. The fourth-order valence-corrected chi connectivity index (χ4v) is 2.58. The summed E-state index contributed by atoms with van der Waals surface area (Å²) >= 11 is 5.96. The maximum atomic E-state index is 12.7. The first-order valence-electron chi connectivity index (χ1n) is 5.50. The predicted octanol–water partition coefficient (Wildman–Crippen LogP) is 4.57. The van der Waals surface area contributed by atoms with Crippen LogP contribution in [-0.2, 0) is 6.42 Å². The van der Waals surface area contributed by atoms with Crippen molar-refractivity contribution in [1.82, 2.24) is 4.98 Å². The van der Waals surface area contributed by atoms with Crippen LogP contribution < -0.4 is 0 Å². The second kappa shape index (κ2) is 3.79. The van der Waals surface area contributed by atoms with E-state index in [-0.39, 0.29) is 6.42 Å². The van der Waals surface area contributed by atoms with Gasteiger partial charge in [0, 0.05) is 17.0 Å². The Kier molecular flexibility index (Phi) is 2.45. The van der Waals surface area contributed by atoms with Gasteiger partial charge in [-0.1, -0.05) is 35.9 Å². The zero-order valence-corrected chi connectivity index (χ0v) is 9.94. The molecule has 5 heteroatoms. The molecule has 94 valence electrons. The molecule has 0 bridgehead atoms. The van der Waals surface area contributed by atoms with Crippen molar-refractivity contribution < 1.29 is 13.2 Å². The lowest BCUT2D eigenvalue weighted by Crippen LogP contribution is -2.24. The zero-order chi connectivity index (χ0) is 12.9. The third-order valence-electron chi connectivity index (χ3n) is 3.31. The zero-order valence-electron chi connectivity index (χ0n) is 9.18. The molecule has 2 aromatic rings. The molecule has 0 saturated heterocycles. The summed E-state index contributed by atoms with van der Waals surface area (Å²) in [6.07, 6.45) is 0.313. The molecule has 3 rings (SSSR count). The van der Waals surface area contributed by atoms with Gasteiger partial charge in [0.15, 0.2) is 0 Å². The molecule has 1 aromatic heterocycles. The van der Waals surface area contributed by atoms with Crippen molar-refractivity contribution in [3.8, 4) is 0 Å². The maximum absolute atomic E-state index is 12.7. The minimum Gasteiger partial charge on any atom is -0.351 e. The molecule has 1 N–H and O–H groups in total. The quantitative estimate of drug-likeness (QED) is 0.722. The summed E-state index contributed by atoms with van der Waals surface area (Å²) in [7, 11) is 0. The second-order valence-electron chi connectivity index (χ2n) is 4.41. The molecule has 1 aliphatic rings. The van der Waals surface area contributed by atoms with E-state index in [1.807, 2.05) is 0 Å². The van der Waals surface area contributed by atoms with Crippen LogP contribution in [0.15, 0.2) is 24.4 Å². The van der Waals surface area contributed by atoms with E-state index < -0.39 is 12.1 Å². The number of hydrogen-bond acceptors (Lipinski definition) is 0. The predicted molar refractivity (Wildman–Crippen MR) is 65.6 cm³/mol. The van der Waals surface area contributed by atoms with Gasteiger partial charge in [-0.05, 0) is 17.5 Å². The van der Waals surface area contributed by atoms with Crippen LogP contribution in [-0.4, -0.2) is 11.2 Å². The summed E-state index contributed by atoms with van der Waals surface area (Å²) in [5.74, 6) is -1.39. The molecule has 1 aromatic carbocycles. The smallest absolute Gasteiger partial charge is 0.351 e. The number of aromatic nitrogens is 1. The van der Waals surface area contributed by atoms with Crippen LogP contribution in [0.4, 0.5) is 13.2 Å². The molecule has 0 amide bonds. The highest BCUT2D eigenvalue weighted by molar-refractivity contribution is 6.34. The van der Waals surface area contributed by atoms with Crippen LogP contribution in [0.5, 0.6) is 0 Å². The Balaban J connectivity index is 2.12. The van der Waals surface area contributed by atoms with E-state index in [1.54, 1.807) is 24.4 Å².